The Balaban J connectivity index is 2.10. The first-order valence-corrected chi connectivity index (χ1v) is 6.50. The highest BCUT2D eigenvalue weighted by atomic mass is 79.9. The molecule has 92 valence electrons. The highest BCUT2D eigenvalue weighted by molar-refractivity contribution is 9.10. The van der Waals surface area contributed by atoms with Crippen LogP contribution in [0.2, 0.25) is 0 Å². The molecule has 1 aliphatic rings. The summed E-state index contributed by atoms with van der Waals surface area (Å²) in [5, 5.41) is 2.95. The van der Waals surface area contributed by atoms with Gasteiger partial charge in [-0.1, -0.05) is 0 Å². The first-order valence-electron chi connectivity index (χ1n) is 5.71. The van der Waals surface area contributed by atoms with E-state index in [1.54, 1.807) is 6.92 Å². The number of nitrogens with zero attached hydrogens (tertiary/aromatic N) is 2. The van der Waals surface area contributed by atoms with Crippen LogP contribution in [0.4, 0.5) is 5.82 Å². The maximum atomic E-state index is 11.0. The largest absolute Gasteiger partial charge is 0.354 e. The minimum atomic E-state index is 0.0353. The number of carbonyl (C=O) groups is 1. The summed E-state index contributed by atoms with van der Waals surface area (Å²) in [7, 11) is 0. The number of nitrogens with one attached hydrogen (secondary N) is 1. The molecule has 1 saturated heterocycles. The second kappa shape index (κ2) is 5.04. The Morgan fingerprint density at radius 3 is 3.12 bits per heavy atom. The van der Waals surface area contributed by atoms with Gasteiger partial charge in [-0.25, -0.2) is 4.98 Å². The first-order chi connectivity index (χ1) is 8.08. The Kier molecular flexibility index (Phi) is 3.66. The Morgan fingerprint density at radius 1 is 1.65 bits per heavy atom. The Labute approximate surface area is 110 Å². The van der Waals surface area contributed by atoms with E-state index >= 15 is 0 Å². The number of halogens is 1. The van der Waals surface area contributed by atoms with E-state index in [-0.39, 0.29) is 11.9 Å². The van der Waals surface area contributed by atoms with Crippen LogP contribution in [0, 0.1) is 6.92 Å². The molecule has 1 aromatic rings. The molecular formula is C12H16BrN3O. The van der Waals surface area contributed by atoms with Crippen molar-refractivity contribution < 1.29 is 4.79 Å². The van der Waals surface area contributed by atoms with Gasteiger partial charge in [-0.15, -0.1) is 0 Å². The number of amides is 1. The quantitative estimate of drug-likeness (QED) is 0.906. The Morgan fingerprint density at radius 2 is 2.41 bits per heavy atom. The van der Waals surface area contributed by atoms with E-state index < -0.39 is 0 Å². The van der Waals surface area contributed by atoms with E-state index in [2.05, 4.69) is 38.1 Å². The van der Waals surface area contributed by atoms with Gasteiger partial charge >= 0.3 is 0 Å². The van der Waals surface area contributed by atoms with Gasteiger partial charge in [-0.3, -0.25) is 4.79 Å². The third kappa shape index (κ3) is 2.77. The highest BCUT2D eigenvalue weighted by Gasteiger charge is 2.25. The van der Waals surface area contributed by atoms with Gasteiger partial charge in [0.1, 0.15) is 5.82 Å². The fourth-order valence-corrected chi connectivity index (χ4v) is 2.59. The standard InChI is InChI=1S/C12H16BrN3O/c1-8-3-5-14-12(11(8)13)16-6-4-10(7-16)15-9(2)17/h3,5,10H,4,6-7H2,1-2H3,(H,15,17). The van der Waals surface area contributed by atoms with Crippen LogP contribution < -0.4 is 10.2 Å². The van der Waals surface area contributed by atoms with Gasteiger partial charge in [0.25, 0.3) is 0 Å². The van der Waals surface area contributed by atoms with Crippen molar-refractivity contribution in [2.45, 2.75) is 26.3 Å². The number of anilines is 1. The fraction of sp³-hybridized carbons (Fsp3) is 0.500. The molecular weight excluding hydrogens is 282 g/mol. The first kappa shape index (κ1) is 12.4. The Bertz CT molecular complexity index is 436. The number of hydrogen-bond acceptors (Lipinski definition) is 3. The van der Waals surface area contributed by atoms with Gasteiger partial charge in [0.05, 0.1) is 4.47 Å². The molecule has 2 rings (SSSR count). The van der Waals surface area contributed by atoms with Crippen molar-refractivity contribution in [1.82, 2.24) is 10.3 Å². The lowest BCUT2D eigenvalue weighted by Gasteiger charge is -2.19. The minimum absolute atomic E-state index is 0.0353. The zero-order valence-corrected chi connectivity index (χ0v) is 11.6. The normalized spacial score (nSPS) is 19.5. The van der Waals surface area contributed by atoms with Crippen LogP contribution in [0.25, 0.3) is 0 Å². The van der Waals surface area contributed by atoms with Crippen LogP contribution in [0.3, 0.4) is 0 Å². The van der Waals surface area contributed by atoms with E-state index in [0.717, 1.165) is 29.8 Å². The third-order valence-corrected chi connectivity index (χ3v) is 3.94. The molecule has 1 unspecified atom stereocenters. The molecule has 1 atom stereocenters. The average Bonchev–Trinajstić information content (AvgIpc) is 2.69. The summed E-state index contributed by atoms with van der Waals surface area (Å²) in [6.07, 6.45) is 2.79. The summed E-state index contributed by atoms with van der Waals surface area (Å²) < 4.78 is 1.04. The van der Waals surface area contributed by atoms with E-state index in [1.807, 2.05) is 12.3 Å². The number of pyridine rings is 1. The summed E-state index contributed by atoms with van der Waals surface area (Å²) in [5.74, 6) is 1.01. The van der Waals surface area contributed by atoms with Crippen molar-refractivity contribution in [2.24, 2.45) is 0 Å². The summed E-state index contributed by atoms with van der Waals surface area (Å²) >= 11 is 3.57. The van der Waals surface area contributed by atoms with Crippen LogP contribution in [-0.4, -0.2) is 30.0 Å². The van der Waals surface area contributed by atoms with E-state index in [4.69, 9.17) is 0 Å². The zero-order chi connectivity index (χ0) is 12.4. The zero-order valence-electron chi connectivity index (χ0n) is 10.0. The van der Waals surface area contributed by atoms with Gasteiger partial charge in [0, 0.05) is 32.3 Å². The molecule has 4 nitrogen and oxygen atoms in total. The van der Waals surface area contributed by atoms with E-state index in [1.165, 1.54) is 5.56 Å². The number of aromatic nitrogens is 1. The molecule has 1 fully saturated rings. The van der Waals surface area contributed by atoms with Crippen molar-refractivity contribution in [3.8, 4) is 0 Å². The predicted molar refractivity (Wildman–Crippen MR) is 71.1 cm³/mol. The van der Waals surface area contributed by atoms with Gasteiger partial charge in [-0.2, -0.15) is 0 Å². The minimum Gasteiger partial charge on any atom is -0.354 e. The molecule has 1 aromatic heterocycles. The monoisotopic (exact) mass is 297 g/mol. The molecule has 17 heavy (non-hydrogen) atoms. The molecule has 0 aliphatic carbocycles. The molecule has 0 spiro atoms. The van der Waals surface area contributed by atoms with E-state index in [0.29, 0.717) is 0 Å². The lowest BCUT2D eigenvalue weighted by molar-refractivity contribution is -0.119. The number of carbonyl (C=O) groups excluding carboxylic acids is 1. The summed E-state index contributed by atoms with van der Waals surface area (Å²) in [6, 6.07) is 2.22. The van der Waals surface area contributed by atoms with Crippen molar-refractivity contribution in [3.63, 3.8) is 0 Å². The second-order valence-electron chi connectivity index (χ2n) is 4.40. The van der Waals surface area contributed by atoms with Gasteiger partial charge in [0.15, 0.2) is 0 Å². The molecule has 2 heterocycles. The van der Waals surface area contributed by atoms with Crippen molar-refractivity contribution >= 4 is 27.7 Å². The molecule has 1 aliphatic heterocycles. The topological polar surface area (TPSA) is 45.2 Å². The second-order valence-corrected chi connectivity index (χ2v) is 5.19. The summed E-state index contributed by atoms with van der Waals surface area (Å²) in [6.45, 7) is 5.37. The molecule has 0 bridgehead atoms. The number of hydrogen-bond donors (Lipinski definition) is 1. The fourth-order valence-electron chi connectivity index (χ4n) is 2.10. The predicted octanol–water partition coefficient (Wildman–Crippen LogP) is 1.87. The van der Waals surface area contributed by atoms with Crippen LogP contribution in [0.15, 0.2) is 16.7 Å². The third-order valence-electron chi connectivity index (χ3n) is 2.96. The van der Waals surface area contributed by atoms with Gasteiger partial charge in [-0.05, 0) is 40.9 Å². The number of rotatable bonds is 2. The average molecular weight is 298 g/mol. The molecule has 0 aromatic carbocycles. The van der Waals surface area contributed by atoms with E-state index in [9.17, 15) is 4.79 Å². The molecule has 0 saturated carbocycles. The van der Waals surface area contributed by atoms with Crippen LogP contribution in [-0.2, 0) is 4.79 Å². The van der Waals surface area contributed by atoms with Crippen molar-refractivity contribution in [3.05, 3.63) is 22.3 Å². The van der Waals surface area contributed by atoms with Gasteiger partial charge in [0.2, 0.25) is 5.91 Å². The smallest absolute Gasteiger partial charge is 0.217 e. The van der Waals surface area contributed by atoms with Crippen LogP contribution in [0.1, 0.15) is 18.9 Å². The lowest BCUT2D eigenvalue weighted by Crippen LogP contribution is -2.35. The maximum Gasteiger partial charge on any atom is 0.217 e. The Hall–Kier alpha value is -1.10. The van der Waals surface area contributed by atoms with Crippen LogP contribution >= 0.6 is 15.9 Å². The number of aryl methyl sites for hydroxylation is 1. The highest BCUT2D eigenvalue weighted by Crippen LogP contribution is 2.29. The molecule has 0 radical (unpaired) electrons. The maximum absolute atomic E-state index is 11.0. The lowest BCUT2D eigenvalue weighted by atomic mass is 10.2. The van der Waals surface area contributed by atoms with Crippen LogP contribution in [0.5, 0.6) is 0 Å². The van der Waals surface area contributed by atoms with Gasteiger partial charge < -0.3 is 10.2 Å². The SMILES string of the molecule is CC(=O)NC1CCN(c2nccc(C)c2Br)C1. The summed E-state index contributed by atoms with van der Waals surface area (Å²) in [5.41, 5.74) is 1.18. The van der Waals surface area contributed by atoms with Crippen molar-refractivity contribution in [1.29, 1.82) is 0 Å². The summed E-state index contributed by atoms with van der Waals surface area (Å²) in [4.78, 5) is 17.6. The van der Waals surface area contributed by atoms with Crippen molar-refractivity contribution in [2.75, 3.05) is 18.0 Å². The molecule has 1 N–H and O–H groups in total. The molecule has 1 amide bonds. The molecule has 5 heteroatoms.